The summed E-state index contributed by atoms with van der Waals surface area (Å²) in [6, 6.07) is 14.4. The van der Waals surface area contributed by atoms with E-state index in [9.17, 15) is 0 Å². The molecule has 17 heavy (non-hydrogen) atoms. The molecular formula is C15H19NO. The average Bonchev–Trinajstić information content (AvgIpc) is 2.83. The minimum absolute atomic E-state index is 0.533. The van der Waals surface area contributed by atoms with Crippen LogP contribution in [0.4, 0.5) is 0 Å². The van der Waals surface area contributed by atoms with Crippen molar-refractivity contribution in [2.45, 2.75) is 20.1 Å². The van der Waals surface area contributed by atoms with Gasteiger partial charge in [0.1, 0.15) is 0 Å². The van der Waals surface area contributed by atoms with E-state index in [4.69, 9.17) is 4.74 Å². The van der Waals surface area contributed by atoms with Gasteiger partial charge < -0.3 is 9.30 Å². The number of rotatable bonds is 6. The molecule has 2 aromatic rings. The zero-order valence-electron chi connectivity index (χ0n) is 10.3. The standard InChI is InChI=1S/C15H19NO/c1-14(11-16-9-5-6-10-16)12-17-13-15-7-3-2-4-8-15/h2-10,14H,11-13H2,1H3. The molecule has 0 amide bonds. The van der Waals surface area contributed by atoms with Crippen molar-refractivity contribution in [3.63, 3.8) is 0 Å². The van der Waals surface area contributed by atoms with Crippen molar-refractivity contribution in [2.24, 2.45) is 5.92 Å². The van der Waals surface area contributed by atoms with Crippen molar-refractivity contribution in [1.82, 2.24) is 4.57 Å². The molecule has 90 valence electrons. The molecule has 2 heteroatoms. The van der Waals surface area contributed by atoms with E-state index in [0.29, 0.717) is 12.5 Å². The van der Waals surface area contributed by atoms with E-state index in [1.165, 1.54) is 5.56 Å². The molecule has 0 saturated carbocycles. The summed E-state index contributed by atoms with van der Waals surface area (Å²) in [5.74, 6) is 0.533. The summed E-state index contributed by atoms with van der Waals surface area (Å²) in [7, 11) is 0. The summed E-state index contributed by atoms with van der Waals surface area (Å²) in [6.45, 7) is 4.73. The van der Waals surface area contributed by atoms with Gasteiger partial charge in [0.25, 0.3) is 0 Å². The van der Waals surface area contributed by atoms with Gasteiger partial charge in [-0.25, -0.2) is 0 Å². The largest absolute Gasteiger partial charge is 0.376 e. The number of nitrogens with zero attached hydrogens (tertiary/aromatic N) is 1. The third-order valence-electron chi connectivity index (χ3n) is 2.70. The topological polar surface area (TPSA) is 14.2 Å². The highest BCUT2D eigenvalue weighted by Crippen LogP contribution is 2.05. The summed E-state index contributed by atoms with van der Waals surface area (Å²) in [4.78, 5) is 0. The zero-order chi connectivity index (χ0) is 11.9. The molecule has 0 bridgehead atoms. The highest BCUT2D eigenvalue weighted by Gasteiger charge is 2.02. The van der Waals surface area contributed by atoms with Crippen LogP contribution in [0, 0.1) is 5.92 Å². The van der Waals surface area contributed by atoms with E-state index in [1.54, 1.807) is 0 Å². The van der Waals surface area contributed by atoms with E-state index < -0.39 is 0 Å². The van der Waals surface area contributed by atoms with Crippen molar-refractivity contribution in [3.05, 3.63) is 60.4 Å². The van der Waals surface area contributed by atoms with Gasteiger partial charge in [-0.1, -0.05) is 37.3 Å². The van der Waals surface area contributed by atoms with Crippen LogP contribution in [0.1, 0.15) is 12.5 Å². The van der Waals surface area contributed by atoms with Gasteiger partial charge in [0, 0.05) is 18.9 Å². The summed E-state index contributed by atoms with van der Waals surface area (Å²) < 4.78 is 7.91. The van der Waals surface area contributed by atoms with Gasteiger partial charge in [-0.05, 0) is 23.6 Å². The Morgan fingerprint density at radius 2 is 1.76 bits per heavy atom. The Morgan fingerprint density at radius 1 is 1.06 bits per heavy atom. The maximum absolute atomic E-state index is 5.72. The molecule has 1 atom stereocenters. The van der Waals surface area contributed by atoms with Gasteiger partial charge in [0.05, 0.1) is 13.2 Å². The second-order valence-corrected chi connectivity index (χ2v) is 4.49. The molecule has 2 rings (SSSR count). The third kappa shape index (κ3) is 4.08. The first-order valence-corrected chi connectivity index (χ1v) is 6.07. The van der Waals surface area contributed by atoms with Crippen molar-refractivity contribution in [1.29, 1.82) is 0 Å². The summed E-state index contributed by atoms with van der Waals surface area (Å²) in [5, 5.41) is 0. The van der Waals surface area contributed by atoms with Crippen LogP contribution in [0.15, 0.2) is 54.9 Å². The van der Waals surface area contributed by atoms with Crippen LogP contribution in [-0.2, 0) is 17.9 Å². The Hall–Kier alpha value is -1.54. The van der Waals surface area contributed by atoms with Gasteiger partial charge in [-0.15, -0.1) is 0 Å². The first-order chi connectivity index (χ1) is 8.34. The Kier molecular flexibility index (Phi) is 4.39. The van der Waals surface area contributed by atoms with E-state index in [2.05, 4.69) is 48.1 Å². The normalized spacial score (nSPS) is 12.5. The lowest BCUT2D eigenvalue weighted by atomic mass is 10.2. The third-order valence-corrected chi connectivity index (χ3v) is 2.70. The zero-order valence-corrected chi connectivity index (χ0v) is 10.3. The van der Waals surface area contributed by atoms with E-state index in [0.717, 1.165) is 13.2 Å². The highest BCUT2D eigenvalue weighted by atomic mass is 16.5. The van der Waals surface area contributed by atoms with Crippen LogP contribution in [0.25, 0.3) is 0 Å². The fraction of sp³-hybridized carbons (Fsp3) is 0.333. The van der Waals surface area contributed by atoms with Crippen LogP contribution in [0.3, 0.4) is 0 Å². The van der Waals surface area contributed by atoms with Crippen molar-refractivity contribution in [3.8, 4) is 0 Å². The predicted octanol–water partition coefficient (Wildman–Crippen LogP) is 3.34. The lowest BCUT2D eigenvalue weighted by Gasteiger charge is -2.13. The molecule has 1 unspecified atom stereocenters. The monoisotopic (exact) mass is 229 g/mol. The fourth-order valence-corrected chi connectivity index (χ4v) is 1.86. The SMILES string of the molecule is CC(COCc1ccccc1)Cn1cccc1. The van der Waals surface area contributed by atoms with E-state index in [-0.39, 0.29) is 0 Å². The molecule has 0 N–H and O–H groups in total. The van der Waals surface area contributed by atoms with Crippen molar-refractivity contribution >= 4 is 0 Å². The van der Waals surface area contributed by atoms with E-state index >= 15 is 0 Å². The first-order valence-electron chi connectivity index (χ1n) is 6.07. The van der Waals surface area contributed by atoms with Gasteiger partial charge in [-0.3, -0.25) is 0 Å². The molecule has 1 aromatic heterocycles. The highest BCUT2D eigenvalue weighted by molar-refractivity contribution is 5.13. The molecule has 0 saturated heterocycles. The minimum atomic E-state index is 0.533. The Balaban J connectivity index is 1.68. The van der Waals surface area contributed by atoms with E-state index in [1.807, 2.05) is 18.2 Å². The van der Waals surface area contributed by atoms with Gasteiger partial charge in [0.15, 0.2) is 0 Å². The second-order valence-electron chi connectivity index (χ2n) is 4.49. The molecule has 0 aliphatic rings. The minimum Gasteiger partial charge on any atom is -0.376 e. The summed E-state index contributed by atoms with van der Waals surface area (Å²) in [5.41, 5.74) is 1.24. The second kappa shape index (κ2) is 6.26. The van der Waals surface area contributed by atoms with Crippen LogP contribution in [0.2, 0.25) is 0 Å². The van der Waals surface area contributed by atoms with Crippen molar-refractivity contribution < 1.29 is 4.74 Å². The lowest BCUT2D eigenvalue weighted by Crippen LogP contribution is -2.12. The van der Waals surface area contributed by atoms with Crippen LogP contribution < -0.4 is 0 Å². The number of ether oxygens (including phenoxy) is 1. The fourth-order valence-electron chi connectivity index (χ4n) is 1.86. The molecular weight excluding hydrogens is 210 g/mol. The molecule has 0 radical (unpaired) electrons. The molecule has 0 aliphatic heterocycles. The molecule has 0 aliphatic carbocycles. The molecule has 1 heterocycles. The molecule has 0 spiro atoms. The van der Waals surface area contributed by atoms with Crippen LogP contribution in [0.5, 0.6) is 0 Å². The Morgan fingerprint density at radius 3 is 2.47 bits per heavy atom. The summed E-state index contributed by atoms with van der Waals surface area (Å²) >= 11 is 0. The maximum Gasteiger partial charge on any atom is 0.0717 e. The Bertz CT molecular complexity index is 408. The molecule has 0 fully saturated rings. The van der Waals surface area contributed by atoms with Gasteiger partial charge in [0.2, 0.25) is 0 Å². The molecule has 2 nitrogen and oxygen atoms in total. The summed E-state index contributed by atoms with van der Waals surface area (Å²) in [6.07, 6.45) is 4.18. The first kappa shape index (κ1) is 11.9. The number of hydrogen-bond donors (Lipinski definition) is 0. The number of hydrogen-bond acceptors (Lipinski definition) is 1. The van der Waals surface area contributed by atoms with Crippen LogP contribution >= 0.6 is 0 Å². The smallest absolute Gasteiger partial charge is 0.0717 e. The average molecular weight is 229 g/mol. The maximum atomic E-state index is 5.72. The van der Waals surface area contributed by atoms with Gasteiger partial charge in [-0.2, -0.15) is 0 Å². The number of aromatic nitrogens is 1. The van der Waals surface area contributed by atoms with Crippen LogP contribution in [-0.4, -0.2) is 11.2 Å². The molecule has 1 aromatic carbocycles. The Labute approximate surface area is 103 Å². The van der Waals surface area contributed by atoms with Gasteiger partial charge >= 0.3 is 0 Å². The van der Waals surface area contributed by atoms with Crippen molar-refractivity contribution in [2.75, 3.05) is 6.61 Å². The lowest BCUT2D eigenvalue weighted by molar-refractivity contribution is 0.0869. The quantitative estimate of drug-likeness (QED) is 0.741. The number of benzene rings is 1. The predicted molar refractivity (Wildman–Crippen MR) is 69.7 cm³/mol.